The lowest BCUT2D eigenvalue weighted by molar-refractivity contribution is 0.211. The fourth-order valence-corrected chi connectivity index (χ4v) is 3.54. The predicted octanol–water partition coefficient (Wildman–Crippen LogP) is 5.14. The number of anilines is 1. The Labute approximate surface area is 148 Å². The molecule has 3 rings (SSSR count). The summed E-state index contributed by atoms with van der Waals surface area (Å²) >= 11 is 7.73. The highest BCUT2D eigenvalue weighted by Gasteiger charge is 2.19. The summed E-state index contributed by atoms with van der Waals surface area (Å²) in [6.45, 7) is 3.35. The normalized spacial score (nSPS) is 16.4. The molecule has 2 aromatic rings. The molecule has 1 N–H and O–H groups in total. The number of nitrogens with zero attached hydrogens (tertiary/aromatic N) is 1. The van der Waals surface area contributed by atoms with Crippen LogP contribution in [0.25, 0.3) is 0 Å². The number of benzene rings is 2. The van der Waals surface area contributed by atoms with Crippen LogP contribution in [-0.4, -0.2) is 30.3 Å². The molecule has 1 saturated heterocycles. The average molecular weight is 347 g/mol. The van der Waals surface area contributed by atoms with E-state index in [0.29, 0.717) is 6.04 Å². The van der Waals surface area contributed by atoms with Crippen molar-refractivity contribution in [2.45, 2.75) is 30.3 Å². The minimum atomic E-state index is 0.561. The summed E-state index contributed by atoms with van der Waals surface area (Å²) in [5, 5.41) is 4.41. The fourth-order valence-electron chi connectivity index (χ4n) is 3.01. The van der Waals surface area contributed by atoms with Gasteiger partial charge in [-0.3, -0.25) is 4.90 Å². The highest BCUT2D eigenvalue weighted by Crippen LogP contribution is 2.21. The molecular weight excluding hydrogens is 324 g/mol. The van der Waals surface area contributed by atoms with E-state index < -0.39 is 0 Å². The van der Waals surface area contributed by atoms with Crippen molar-refractivity contribution in [3.8, 4) is 0 Å². The zero-order valence-corrected chi connectivity index (χ0v) is 15.0. The molecule has 1 heterocycles. The molecule has 0 spiro atoms. The zero-order valence-electron chi connectivity index (χ0n) is 13.5. The summed E-state index contributed by atoms with van der Waals surface area (Å²) in [5.74, 6) is 0. The monoisotopic (exact) mass is 346 g/mol. The number of thioether (sulfide) groups is 1. The topological polar surface area (TPSA) is 15.3 Å². The smallest absolute Gasteiger partial charge is 0.0407 e. The number of hydrogen-bond donors (Lipinski definition) is 1. The van der Waals surface area contributed by atoms with Gasteiger partial charge >= 0.3 is 0 Å². The first-order valence-corrected chi connectivity index (χ1v) is 9.70. The van der Waals surface area contributed by atoms with E-state index in [1.54, 1.807) is 11.8 Å². The molecule has 4 heteroatoms. The second kappa shape index (κ2) is 8.09. The molecule has 2 nitrogen and oxygen atoms in total. The predicted molar refractivity (Wildman–Crippen MR) is 102 cm³/mol. The van der Waals surface area contributed by atoms with Gasteiger partial charge in [0.2, 0.25) is 0 Å². The van der Waals surface area contributed by atoms with Crippen LogP contribution >= 0.6 is 23.4 Å². The summed E-state index contributed by atoms with van der Waals surface area (Å²) in [5.41, 5.74) is 2.58. The summed E-state index contributed by atoms with van der Waals surface area (Å²) in [6, 6.07) is 17.5. The Morgan fingerprint density at radius 1 is 1.04 bits per heavy atom. The second-order valence-electron chi connectivity index (χ2n) is 6.05. The van der Waals surface area contributed by atoms with E-state index in [0.717, 1.165) is 24.7 Å². The van der Waals surface area contributed by atoms with Crippen molar-refractivity contribution in [3.05, 3.63) is 59.1 Å². The SMILES string of the molecule is CSc1ccc(CN2CCC(Nc3ccc(Cl)cc3)CC2)cc1. The molecule has 0 unspecified atom stereocenters. The zero-order chi connectivity index (χ0) is 16.1. The van der Waals surface area contributed by atoms with E-state index in [4.69, 9.17) is 11.6 Å². The van der Waals surface area contributed by atoms with E-state index >= 15 is 0 Å². The summed E-state index contributed by atoms with van der Waals surface area (Å²) in [6.07, 6.45) is 4.49. The van der Waals surface area contributed by atoms with Gasteiger partial charge < -0.3 is 5.32 Å². The van der Waals surface area contributed by atoms with E-state index in [1.807, 2.05) is 12.1 Å². The number of piperidine rings is 1. The van der Waals surface area contributed by atoms with Crippen LogP contribution in [0.4, 0.5) is 5.69 Å². The Morgan fingerprint density at radius 2 is 1.70 bits per heavy atom. The number of nitrogens with one attached hydrogen (secondary N) is 1. The fraction of sp³-hybridized carbons (Fsp3) is 0.368. The lowest BCUT2D eigenvalue weighted by atomic mass is 10.0. The molecule has 0 amide bonds. The van der Waals surface area contributed by atoms with E-state index in [1.165, 1.54) is 29.0 Å². The van der Waals surface area contributed by atoms with Crippen LogP contribution in [0.3, 0.4) is 0 Å². The lowest BCUT2D eigenvalue weighted by Gasteiger charge is -2.33. The summed E-state index contributed by atoms with van der Waals surface area (Å²) in [4.78, 5) is 3.88. The van der Waals surface area contributed by atoms with Gasteiger partial charge in [0.05, 0.1) is 0 Å². The maximum absolute atomic E-state index is 5.93. The molecule has 0 atom stereocenters. The van der Waals surface area contributed by atoms with Crippen molar-refractivity contribution in [3.63, 3.8) is 0 Å². The molecule has 2 aromatic carbocycles. The minimum absolute atomic E-state index is 0.561. The van der Waals surface area contributed by atoms with Crippen LogP contribution in [0.15, 0.2) is 53.4 Å². The maximum atomic E-state index is 5.93. The molecule has 1 aliphatic rings. The molecule has 23 heavy (non-hydrogen) atoms. The first-order chi connectivity index (χ1) is 11.2. The Bertz CT molecular complexity index is 604. The Hall–Kier alpha value is -1.16. The summed E-state index contributed by atoms with van der Waals surface area (Å²) in [7, 11) is 0. The number of likely N-dealkylation sites (tertiary alicyclic amines) is 1. The number of hydrogen-bond acceptors (Lipinski definition) is 3. The lowest BCUT2D eigenvalue weighted by Crippen LogP contribution is -2.38. The summed E-state index contributed by atoms with van der Waals surface area (Å²) < 4.78 is 0. The molecular formula is C19H23ClN2S. The first kappa shape index (κ1) is 16.7. The molecule has 1 aliphatic heterocycles. The second-order valence-corrected chi connectivity index (χ2v) is 7.37. The first-order valence-electron chi connectivity index (χ1n) is 8.10. The van der Waals surface area contributed by atoms with Gasteiger partial charge in [0.25, 0.3) is 0 Å². The molecule has 0 saturated carbocycles. The standard InChI is InChI=1S/C19H23ClN2S/c1-23-19-8-2-15(3-9-19)14-22-12-10-18(11-13-22)21-17-6-4-16(20)5-7-17/h2-9,18,21H,10-14H2,1H3. The van der Waals surface area contributed by atoms with Gasteiger partial charge in [-0.2, -0.15) is 0 Å². The van der Waals surface area contributed by atoms with Gasteiger partial charge in [0.15, 0.2) is 0 Å². The van der Waals surface area contributed by atoms with Crippen LogP contribution in [0, 0.1) is 0 Å². The van der Waals surface area contributed by atoms with Crippen molar-refractivity contribution in [2.24, 2.45) is 0 Å². The molecule has 0 aromatic heterocycles. The third-order valence-corrected chi connectivity index (χ3v) is 5.36. The highest BCUT2D eigenvalue weighted by atomic mass is 35.5. The molecule has 0 bridgehead atoms. The van der Waals surface area contributed by atoms with E-state index in [2.05, 4.69) is 52.9 Å². The maximum Gasteiger partial charge on any atom is 0.0407 e. The number of halogens is 1. The van der Waals surface area contributed by atoms with Gasteiger partial charge in [-0.25, -0.2) is 0 Å². The van der Waals surface area contributed by atoms with Crippen molar-refractivity contribution in [2.75, 3.05) is 24.7 Å². The van der Waals surface area contributed by atoms with Gasteiger partial charge in [0.1, 0.15) is 0 Å². The van der Waals surface area contributed by atoms with Gasteiger partial charge in [0, 0.05) is 41.3 Å². The average Bonchev–Trinajstić information content (AvgIpc) is 2.59. The van der Waals surface area contributed by atoms with Crippen molar-refractivity contribution in [1.29, 1.82) is 0 Å². The third-order valence-electron chi connectivity index (χ3n) is 4.37. The van der Waals surface area contributed by atoms with Gasteiger partial charge in [-0.05, 0) is 61.1 Å². The van der Waals surface area contributed by atoms with E-state index in [-0.39, 0.29) is 0 Å². The van der Waals surface area contributed by atoms with Crippen molar-refractivity contribution >= 4 is 29.1 Å². The quantitative estimate of drug-likeness (QED) is 0.755. The Morgan fingerprint density at radius 3 is 2.30 bits per heavy atom. The van der Waals surface area contributed by atoms with Crippen molar-refractivity contribution in [1.82, 2.24) is 4.90 Å². The third kappa shape index (κ3) is 4.90. The molecule has 0 aliphatic carbocycles. The van der Waals surface area contributed by atoms with Crippen LogP contribution in [0.2, 0.25) is 5.02 Å². The van der Waals surface area contributed by atoms with Gasteiger partial charge in [-0.15, -0.1) is 11.8 Å². The van der Waals surface area contributed by atoms with Crippen LogP contribution in [0.5, 0.6) is 0 Å². The van der Waals surface area contributed by atoms with Gasteiger partial charge in [-0.1, -0.05) is 23.7 Å². The van der Waals surface area contributed by atoms with Crippen molar-refractivity contribution < 1.29 is 0 Å². The Balaban J connectivity index is 1.47. The number of rotatable bonds is 5. The Kier molecular flexibility index (Phi) is 5.87. The highest BCUT2D eigenvalue weighted by molar-refractivity contribution is 7.98. The van der Waals surface area contributed by atoms with Crippen LogP contribution < -0.4 is 5.32 Å². The molecule has 0 radical (unpaired) electrons. The minimum Gasteiger partial charge on any atom is -0.382 e. The molecule has 1 fully saturated rings. The molecule has 122 valence electrons. The largest absolute Gasteiger partial charge is 0.382 e. The van der Waals surface area contributed by atoms with Crippen LogP contribution in [0.1, 0.15) is 18.4 Å². The van der Waals surface area contributed by atoms with E-state index in [9.17, 15) is 0 Å². The van der Waals surface area contributed by atoms with Crippen LogP contribution in [-0.2, 0) is 6.54 Å².